The quantitative estimate of drug-likeness (QED) is 0.412. The molecular formula is C23H20O2. The minimum absolute atomic E-state index is 0.0863. The monoisotopic (exact) mass is 328 g/mol. The minimum atomic E-state index is -0.0863. The van der Waals surface area contributed by atoms with Crippen molar-refractivity contribution in [3.63, 3.8) is 0 Å². The van der Waals surface area contributed by atoms with E-state index in [-0.39, 0.29) is 5.41 Å². The van der Waals surface area contributed by atoms with Crippen LogP contribution in [0.5, 0.6) is 0 Å². The van der Waals surface area contributed by atoms with Crippen molar-refractivity contribution in [2.45, 2.75) is 32.1 Å². The van der Waals surface area contributed by atoms with Crippen LogP contribution in [0.3, 0.4) is 0 Å². The van der Waals surface area contributed by atoms with Crippen LogP contribution in [0.25, 0.3) is 22.3 Å². The number of rotatable bonds is 1. The molecule has 1 aliphatic rings. The second kappa shape index (κ2) is 5.13. The number of hydrogen-bond acceptors (Lipinski definition) is 2. The Hall–Kier alpha value is -2.74. The molecule has 0 N–H and O–H groups in total. The molecule has 2 aromatic carbocycles. The summed E-state index contributed by atoms with van der Waals surface area (Å²) >= 11 is 0. The zero-order chi connectivity index (χ0) is 17.0. The van der Waals surface area contributed by atoms with Crippen molar-refractivity contribution < 1.29 is 8.83 Å². The molecule has 2 nitrogen and oxygen atoms in total. The summed E-state index contributed by atoms with van der Waals surface area (Å²) in [5, 5.41) is 1.14. The fourth-order valence-electron chi connectivity index (χ4n) is 4.23. The van der Waals surface area contributed by atoms with Gasteiger partial charge in [0.15, 0.2) is 0 Å². The van der Waals surface area contributed by atoms with Crippen LogP contribution in [-0.2, 0) is 11.8 Å². The summed E-state index contributed by atoms with van der Waals surface area (Å²) in [6.07, 6.45) is 1.90. The highest BCUT2D eigenvalue weighted by molar-refractivity contribution is 5.95. The fraction of sp³-hybridized carbons (Fsp3) is 0.217. The van der Waals surface area contributed by atoms with Crippen LogP contribution in [0, 0.1) is 6.92 Å². The van der Waals surface area contributed by atoms with Crippen LogP contribution in [-0.4, -0.2) is 0 Å². The second-order valence-electron chi connectivity index (χ2n) is 7.19. The lowest BCUT2D eigenvalue weighted by atomic mass is 9.73. The van der Waals surface area contributed by atoms with Crippen molar-refractivity contribution in [1.29, 1.82) is 0 Å². The highest BCUT2D eigenvalue weighted by Gasteiger charge is 2.38. The maximum atomic E-state index is 6.24. The van der Waals surface area contributed by atoms with Gasteiger partial charge in [0.05, 0.1) is 5.56 Å². The molecule has 4 aromatic rings. The summed E-state index contributed by atoms with van der Waals surface area (Å²) in [4.78, 5) is 0. The molecule has 0 radical (unpaired) electrons. The summed E-state index contributed by atoms with van der Waals surface area (Å²) in [7, 11) is 0. The minimum Gasteiger partial charge on any atom is -0.461 e. The van der Waals surface area contributed by atoms with Gasteiger partial charge in [-0.15, -0.1) is 0 Å². The number of furan rings is 2. The van der Waals surface area contributed by atoms with Gasteiger partial charge in [-0.1, -0.05) is 55.5 Å². The van der Waals surface area contributed by atoms with E-state index in [2.05, 4.69) is 55.5 Å². The molecule has 0 unspecified atom stereocenters. The van der Waals surface area contributed by atoms with E-state index in [4.69, 9.17) is 8.83 Å². The van der Waals surface area contributed by atoms with Crippen LogP contribution >= 0.6 is 0 Å². The van der Waals surface area contributed by atoms with Gasteiger partial charge in [-0.3, -0.25) is 0 Å². The first-order valence-electron chi connectivity index (χ1n) is 8.84. The van der Waals surface area contributed by atoms with Gasteiger partial charge in [-0.2, -0.15) is 0 Å². The summed E-state index contributed by atoms with van der Waals surface area (Å²) < 4.78 is 12.4. The van der Waals surface area contributed by atoms with E-state index in [1.807, 2.05) is 19.1 Å². The molecule has 0 saturated heterocycles. The smallest absolute Gasteiger partial charge is 0.142 e. The molecule has 0 amide bonds. The summed E-state index contributed by atoms with van der Waals surface area (Å²) in [5.41, 5.74) is 4.58. The van der Waals surface area contributed by atoms with Gasteiger partial charge in [-0.25, -0.2) is 0 Å². The van der Waals surface area contributed by atoms with Crippen molar-refractivity contribution in [3.8, 4) is 11.3 Å². The summed E-state index contributed by atoms with van der Waals surface area (Å²) in [6.45, 7) is 4.35. The SMILES string of the molecule is Cc1cc2c(o1)-c1c(oc3ccccc13)CC[C@]2(C)c1ccccc1. The van der Waals surface area contributed by atoms with Gasteiger partial charge in [0, 0.05) is 22.8 Å². The molecule has 0 spiro atoms. The maximum absolute atomic E-state index is 6.24. The van der Waals surface area contributed by atoms with Gasteiger partial charge >= 0.3 is 0 Å². The van der Waals surface area contributed by atoms with Gasteiger partial charge in [-0.05, 0) is 31.0 Å². The summed E-state index contributed by atoms with van der Waals surface area (Å²) in [5.74, 6) is 2.96. The Kier molecular flexibility index (Phi) is 2.99. The number of para-hydroxylation sites is 1. The first kappa shape index (κ1) is 14.6. The summed E-state index contributed by atoms with van der Waals surface area (Å²) in [6, 6.07) is 21.2. The third-order valence-electron chi connectivity index (χ3n) is 5.61. The van der Waals surface area contributed by atoms with E-state index in [1.54, 1.807) is 0 Å². The topological polar surface area (TPSA) is 26.3 Å². The molecule has 0 fully saturated rings. The third kappa shape index (κ3) is 2.03. The Balaban J connectivity index is 1.83. The molecular weight excluding hydrogens is 308 g/mol. The average molecular weight is 328 g/mol. The predicted molar refractivity (Wildman–Crippen MR) is 99.9 cm³/mol. The van der Waals surface area contributed by atoms with E-state index in [1.165, 1.54) is 11.1 Å². The fourth-order valence-corrected chi connectivity index (χ4v) is 4.23. The Morgan fingerprint density at radius 3 is 2.52 bits per heavy atom. The molecule has 0 aliphatic heterocycles. The van der Waals surface area contributed by atoms with E-state index in [0.29, 0.717) is 0 Å². The highest BCUT2D eigenvalue weighted by atomic mass is 16.4. The van der Waals surface area contributed by atoms with Crippen LogP contribution in [0.4, 0.5) is 0 Å². The zero-order valence-corrected chi connectivity index (χ0v) is 14.5. The van der Waals surface area contributed by atoms with Crippen LogP contribution in [0.2, 0.25) is 0 Å². The molecule has 0 bridgehead atoms. The van der Waals surface area contributed by atoms with Crippen molar-refractivity contribution in [3.05, 3.63) is 83.3 Å². The predicted octanol–water partition coefficient (Wildman–Crippen LogP) is 6.25. The van der Waals surface area contributed by atoms with E-state index in [9.17, 15) is 0 Å². The van der Waals surface area contributed by atoms with Gasteiger partial charge in [0.2, 0.25) is 0 Å². The Morgan fingerprint density at radius 1 is 0.920 bits per heavy atom. The molecule has 2 heterocycles. The first-order valence-corrected chi connectivity index (χ1v) is 8.84. The van der Waals surface area contributed by atoms with Crippen molar-refractivity contribution in [2.75, 3.05) is 0 Å². The average Bonchev–Trinajstić information content (AvgIpc) is 3.18. The normalized spacial score (nSPS) is 19.4. The standard InChI is InChI=1S/C23H20O2/c1-15-14-18-22(24-15)21-17-10-6-7-11-19(17)25-20(21)12-13-23(18,2)16-8-4-3-5-9-16/h3-11,14H,12-13H2,1-2H3/t23-/m1/s1. The molecule has 2 heteroatoms. The maximum Gasteiger partial charge on any atom is 0.142 e. The molecule has 1 aliphatic carbocycles. The zero-order valence-electron chi connectivity index (χ0n) is 14.5. The number of fused-ring (bicyclic) bond motifs is 5. The number of hydrogen-bond donors (Lipinski definition) is 0. The van der Waals surface area contributed by atoms with Crippen molar-refractivity contribution >= 4 is 11.0 Å². The van der Waals surface area contributed by atoms with E-state index < -0.39 is 0 Å². The van der Waals surface area contributed by atoms with Gasteiger partial charge in [0.1, 0.15) is 22.9 Å². The van der Waals surface area contributed by atoms with Crippen LogP contribution < -0.4 is 0 Å². The Morgan fingerprint density at radius 2 is 1.68 bits per heavy atom. The van der Waals surface area contributed by atoms with Crippen LogP contribution in [0.15, 0.2) is 69.5 Å². The van der Waals surface area contributed by atoms with Gasteiger partial charge in [0.25, 0.3) is 0 Å². The lowest BCUT2D eigenvalue weighted by molar-refractivity contribution is 0.477. The van der Waals surface area contributed by atoms with Crippen molar-refractivity contribution in [2.24, 2.45) is 0 Å². The molecule has 2 aromatic heterocycles. The molecule has 0 saturated carbocycles. The van der Waals surface area contributed by atoms with E-state index in [0.717, 1.165) is 46.7 Å². The lowest BCUT2D eigenvalue weighted by Crippen LogP contribution is -2.23. The van der Waals surface area contributed by atoms with E-state index >= 15 is 0 Å². The molecule has 124 valence electrons. The largest absolute Gasteiger partial charge is 0.461 e. The third-order valence-corrected chi connectivity index (χ3v) is 5.61. The first-order chi connectivity index (χ1) is 12.2. The van der Waals surface area contributed by atoms with Gasteiger partial charge < -0.3 is 8.83 Å². The Bertz CT molecular complexity index is 1070. The molecule has 25 heavy (non-hydrogen) atoms. The second-order valence-corrected chi connectivity index (χ2v) is 7.19. The van der Waals surface area contributed by atoms with Crippen LogP contribution in [0.1, 0.15) is 36.0 Å². The highest BCUT2D eigenvalue weighted by Crippen LogP contribution is 2.49. The molecule has 1 atom stereocenters. The number of aryl methyl sites for hydroxylation is 2. The lowest BCUT2D eigenvalue weighted by Gasteiger charge is -2.29. The molecule has 5 rings (SSSR count). The number of benzene rings is 2. The Labute approximate surface area is 147 Å². The van der Waals surface area contributed by atoms with Crippen molar-refractivity contribution in [1.82, 2.24) is 0 Å².